The van der Waals surface area contributed by atoms with E-state index in [1.807, 2.05) is 43.3 Å². The highest BCUT2D eigenvalue weighted by Gasteiger charge is 2.25. The standard InChI is InChI=1S/C18H15FN2O2/c1-21(2)13-9-7-12(8-10-13)11-16-18(22)23-17(20-16)14-5-3-4-6-15(14)19/h3-11H,1-2H3/b16-11+. The first-order valence-electron chi connectivity index (χ1n) is 7.09. The van der Waals surface area contributed by atoms with Crippen molar-refractivity contribution in [2.45, 2.75) is 0 Å². The predicted octanol–water partition coefficient (Wildman–Crippen LogP) is 3.24. The van der Waals surface area contributed by atoms with Gasteiger partial charge in [-0.1, -0.05) is 24.3 Å². The number of ether oxygens (including phenoxy) is 1. The molecule has 0 saturated carbocycles. The van der Waals surface area contributed by atoms with Gasteiger partial charge in [-0.05, 0) is 35.9 Å². The Morgan fingerprint density at radius 2 is 1.78 bits per heavy atom. The van der Waals surface area contributed by atoms with E-state index in [1.165, 1.54) is 12.1 Å². The Labute approximate surface area is 133 Å². The third-order valence-corrected chi connectivity index (χ3v) is 3.44. The molecular formula is C18H15FN2O2. The number of carbonyl (C=O) groups is 1. The van der Waals surface area contributed by atoms with Gasteiger partial charge in [0.05, 0.1) is 5.56 Å². The minimum atomic E-state index is -0.583. The summed E-state index contributed by atoms with van der Waals surface area (Å²) in [4.78, 5) is 18.0. The van der Waals surface area contributed by atoms with Crippen molar-refractivity contribution in [3.8, 4) is 0 Å². The lowest BCUT2D eigenvalue weighted by molar-refractivity contribution is -0.129. The van der Waals surface area contributed by atoms with Gasteiger partial charge in [0, 0.05) is 19.8 Å². The number of benzene rings is 2. The van der Waals surface area contributed by atoms with Gasteiger partial charge in [-0.15, -0.1) is 0 Å². The Morgan fingerprint density at radius 1 is 1.09 bits per heavy atom. The van der Waals surface area contributed by atoms with E-state index >= 15 is 0 Å². The molecule has 23 heavy (non-hydrogen) atoms. The number of rotatable bonds is 3. The van der Waals surface area contributed by atoms with Crippen molar-refractivity contribution >= 4 is 23.6 Å². The molecule has 0 aliphatic carbocycles. The summed E-state index contributed by atoms with van der Waals surface area (Å²) in [6.07, 6.45) is 1.62. The van der Waals surface area contributed by atoms with Crippen molar-refractivity contribution in [1.82, 2.24) is 0 Å². The fraction of sp³-hybridized carbons (Fsp3) is 0.111. The number of halogens is 1. The second kappa shape index (κ2) is 6.04. The van der Waals surface area contributed by atoms with Crippen LogP contribution >= 0.6 is 0 Å². The molecule has 3 rings (SSSR count). The molecule has 0 unspecified atom stereocenters. The van der Waals surface area contributed by atoms with Crippen molar-refractivity contribution in [1.29, 1.82) is 0 Å². The van der Waals surface area contributed by atoms with Gasteiger partial charge in [0.2, 0.25) is 5.90 Å². The van der Waals surface area contributed by atoms with E-state index in [1.54, 1.807) is 18.2 Å². The molecule has 0 atom stereocenters. The highest BCUT2D eigenvalue weighted by atomic mass is 19.1. The molecule has 0 saturated heterocycles. The van der Waals surface area contributed by atoms with E-state index in [0.717, 1.165) is 11.3 Å². The van der Waals surface area contributed by atoms with Gasteiger partial charge in [0.15, 0.2) is 5.70 Å². The number of anilines is 1. The largest absolute Gasteiger partial charge is 0.402 e. The van der Waals surface area contributed by atoms with Gasteiger partial charge >= 0.3 is 5.97 Å². The first-order valence-corrected chi connectivity index (χ1v) is 7.09. The fourth-order valence-electron chi connectivity index (χ4n) is 2.19. The van der Waals surface area contributed by atoms with E-state index in [2.05, 4.69) is 4.99 Å². The number of hydrogen-bond acceptors (Lipinski definition) is 4. The molecule has 1 heterocycles. The van der Waals surface area contributed by atoms with Crippen molar-refractivity contribution in [2.24, 2.45) is 4.99 Å². The number of hydrogen-bond donors (Lipinski definition) is 0. The van der Waals surface area contributed by atoms with Gasteiger partial charge in [0.25, 0.3) is 0 Å². The van der Waals surface area contributed by atoms with Crippen LogP contribution in [0.1, 0.15) is 11.1 Å². The van der Waals surface area contributed by atoms with Crippen LogP contribution in [0.25, 0.3) is 6.08 Å². The highest BCUT2D eigenvalue weighted by Crippen LogP contribution is 2.21. The Morgan fingerprint density at radius 3 is 2.43 bits per heavy atom. The molecule has 0 spiro atoms. The zero-order valence-corrected chi connectivity index (χ0v) is 12.8. The minimum absolute atomic E-state index is 0.00994. The third-order valence-electron chi connectivity index (χ3n) is 3.44. The van der Waals surface area contributed by atoms with Crippen LogP contribution in [-0.4, -0.2) is 26.0 Å². The quantitative estimate of drug-likeness (QED) is 0.645. The van der Waals surface area contributed by atoms with E-state index in [0.29, 0.717) is 0 Å². The lowest BCUT2D eigenvalue weighted by atomic mass is 10.1. The smallest absolute Gasteiger partial charge is 0.363 e. The third kappa shape index (κ3) is 3.13. The summed E-state index contributed by atoms with van der Waals surface area (Å²) < 4.78 is 18.8. The number of carbonyl (C=O) groups excluding carboxylic acids is 1. The molecule has 0 radical (unpaired) electrons. The monoisotopic (exact) mass is 310 g/mol. The first-order chi connectivity index (χ1) is 11.0. The zero-order chi connectivity index (χ0) is 16.4. The molecule has 0 bridgehead atoms. The van der Waals surface area contributed by atoms with Crippen LogP contribution in [0.3, 0.4) is 0 Å². The van der Waals surface area contributed by atoms with Gasteiger partial charge < -0.3 is 9.64 Å². The molecule has 0 N–H and O–H groups in total. The molecule has 1 aliphatic rings. The van der Waals surface area contributed by atoms with Crippen LogP contribution in [0, 0.1) is 5.82 Å². The Kier molecular flexibility index (Phi) is 3.93. The van der Waals surface area contributed by atoms with E-state index in [9.17, 15) is 9.18 Å². The van der Waals surface area contributed by atoms with Crippen LogP contribution in [0.2, 0.25) is 0 Å². The Balaban J connectivity index is 1.90. The summed E-state index contributed by atoms with van der Waals surface area (Å²) in [5.74, 6) is -1.07. The summed E-state index contributed by atoms with van der Waals surface area (Å²) in [7, 11) is 3.90. The summed E-state index contributed by atoms with van der Waals surface area (Å²) in [6, 6.07) is 13.7. The maximum atomic E-state index is 13.7. The maximum Gasteiger partial charge on any atom is 0.363 e. The van der Waals surface area contributed by atoms with Crippen molar-refractivity contribution < 1.29 is 13.9 Å². The molecule has 2 aromatic rings. The summed E-state index contributed by atoms with van der Waals surface area (Å²) in [5.41, 5.74) is 2.20. The normalized spacial score (nSPS) is 15.5. The second-order valence-electron chi connectivity index (χ2n) is 5.30. The minimum Gasteiger partial charge on any atom is -0.402 e. The topological polar surface area (TPSA) is 41.9 Å². The van der Waals surface area contributed by atoms with Crippen LogP contribution in [-0.2, 0) is 9.53 Å². The van der Waals surface area contributed by atoms with Crippen LogP contribution in [0.5, 0.6) is 0 Å². The summed E-state index contributed by atoms with van der Waals surface area (Å²) in [6.45, 7) is 0. The van der Waals surface area contributed by atoms with Crippen LogP contribution in [0.15, 0.2) is 59.2 Å². The lowest BCUT2D eigenvalue weighted by Gasteiger charge is -2.11. The first kappa shape index (κ1) is 15.0. The van der Waals surface area contributed by atoms with E-state index < -0.39 is 11.8 Å². The molecule has 0 amide bonds. The SMILES string of the molecule is CN(C)c1ccc(/C=C2/N=C(c3ccccc3F)OC2=O)cc1. The summed E-state index contributed by atoms with van der Waals surface area (Å²) in [5, 5.41) is 0. The van der Waals surface area contributed by atoms with Gasteiger partial charge in [0.1, 0.15) is 5.82 Å². The maximum absolute atomic E-state index is 13.7. The Bertz CT molecular complexity index is 808. The number of esters is 1. The van der Waals surface area contributed by atoms with Gasteiger partial charge in [-0.25, -0.2) is 14.2 Å². The van der Waals surface area contributed by atoms with Crippen molar-refractivity contribution in [3.05, 3.63) is 71.2 Å². The van der Waals surface area contributed by atoms with Crippen LogP contribution < -0.4 is 4.90 Å². The van der Waals surface area contributed by atoms with E-state index in [-0.39, 0.29) is 17.2 Å². The Hall–Kier alpha value is -2.95. The van der Waals surface area contributed by atoms with Gasteiger partial charge in [-0.3, -0.25) is 0 Å². The zero-order valence-electron chi connectivity index (χ0n) is 12.8. The second-order valence-corrected chi connectivity index (χ2v) is 5.30. The molecule has 1 aliphatic heterocycles. The number of cyclic esters (lactones) is 1. The molecule has 2 aromatic carbocycles. The van der Waals surface area contributed by atoms with E-state index in [4.69, 9.17) is 4.74 Å². The average Bonchev–Trinajstić information content (AvgIpc) is 2.89. The number of nitrogens with zero attached hydrogens (tertiary/aromatic N) is 2. The molecule has 0 fully saturated rings. The molecule has 0 aromatic heterocycles. The highest BCUT2D eigenvalue weighted by molar-refractivity contribution is 6.12. The predicted molar refractivity (Wildman–Crippen MR) is 87.8 cm³/mol. The van der Waals surface area contributed by atoms with Gasteiger partial charge in [-0.2, -0.15) is 0 Å². The average molecular weight is 310 g/mol. The lowest BCUT2D eigenvalue weighted by Crippen LogP contribution is -2.08. The molecular weight excluding hydrogens is 295 g/mol. The molecule has 5 heteroatoms. The number of aliphatic imine (C=N–C) groups is 1. The van der Waals surface area contributed by atoms with Crippen LogP contribution in [0.4, 0.5) is 10.1 Å². The molecule has 116 valence electrons. The molecule has 4 nitrogen and oxygen atoms in total. The van der Waals surface area contributed by atoms with Crippen molar-refractivity contribution in [3.63, 3.8) is 0 Å². The fourth-order valence-corrected chi connectivity index (χ4v) is 2.19. The summed E-state index contributed by atoms with van der Waals surface area (Å²) >= 11 is 0. The van der Waals surface area contributed by atoms with Crippen molar-refractivity contribution in [2.75, 3.05) is 19.0 Å².